The van der Waals surface area contributed by atoms with Crippen molar-refractivity contribution in [1.82, 2.24) is 0 Å². The third-order valence-electron chi connectivity index (χ3n) is 2.57. The molecule has 104 valence electrons. The predicted molar refractivity (Wildman–Crippen MR) is 72.8 cm³/mol. The van der Waals surface area contributed by atoms with E-state index in [4.69, 9.17) is 16.2 Å². The molecule has 0 aliphatic carbocycles. The van der Waals surface area contributed by atoms with Crippen LogP contribution in [-0.4, -0.2) is 11.9 Å². The molecule has 1 aromatic heterocycles. The maximum absolute atomic E-state index is 13.5. The van der Waals surface area contributed by atoms with Crippen LogP contribution in [0, 0.1) is 5.82 Å². The molecular formula is C13H11FN2O3S. The minimum atomic E-state index is -0.680. The van der Waals surface area contributed by atoms with Crippen molar-refractivity contribution in [2.75, 3.05) is 5.73 Å². The van der Waals surface area contributed by atoms with Gasteiger partial charge in [0, 0.05) is 11.1 Å². The second-order valence-corrected chi connectivity index (χ2v) is 4.87. The third-order valence-corrected chi connectivity index (χ3v) is 3.48. The molecule has 0 spiro atoms. The lowest BCUT2D eigenvalue weighted by molar-refractivity contribution is 0.0476. The van der Waals surface area contributed by atoms with Gasteiger partial charge in [-0.2, -0.15) is 0 Å². The van der Waals surface area contributed by atoms with Crippen LogP contribution in [0.4, 0.5) is 10.1 Å². The first-order valence-corrected chi connectivity index (χ1v) is 6.45. The van der Waals surface area contributed by atoms with Crippen LogP contribution in [0.25, 0.3) is 0 Å². The zero-order valence-corrected chi connectivity index (χ0v) is 11.1. The number of anilines is 1. The molecule has 4 N–H and O–H groups in total. The topological polar surface area (TPSA) is 95.4 Å². The van der Waals surface area contributed by atoms with Crippen LogP contribution in [-0.2, 0) is 11.3 Å². The van der Waals surface area contributed by atoms with Gasteiger partial charge in [-0.05, 0) is 29.6 Å². The number of amides is 1. The number of halogens is 1. The summed E-state index contributed by atoms with van der Waals surface area (Å²) in [7, 11) is 0. The molecule has 20 heavy (non-hydrogen) atoms. The number of nitrogens with two attached hydrogens (primary N) is 2. The molecule has 1 aromatic carbocycles. The van der Waals surface area contributed by atoms with Crippen LogP contribution in [0.15, 0.2) is 29.6 Å². The minimum absolute atomic E-state index is 0.0739. The molecule has 2 rings (SSSR count). The highest BCUT2D eigenvalue weighted by atomic mass is 32.1. The summed E-state index contributed by atoms with van der Waals surface area (Å²) in [4.78, 5) is 23.0. The van der Waals surface area contributed by atoms with Gasteiger partial charge in [0.1, 0.15) is 17.3 Å². The monoisotopic (exact) mass is 294 g/mol. The maximum atomic E-state index is 13.5. The number of nitrogen functional groups attached to an aromatic ring is 1. The van der Waals surface area contributed by atoms with Gasteiger partial charge in [-0.3, -0.25) is 4.79 Å². The molecule has 0 saturated carbocycles. The van der Waals surface area contributed by atoms with Crippen molar-refractivity contribution in [3.05, 3.63) is 51.5 Å². The number of primary amides is 1. The summed E-state index contributed by atoms with van der Waals surface area (Å²) in [6, 6.07) is 5.20. The summed E-state index contributed by atoms with van der Waals surface area (Å²) in [5, 5.41) is 1.65. The number of carbonyl (C=O) groups excluding carboxylic acids is 2. The lowest BCUT2D eigenvalue weighted by atomic mass is 10.1. The second kappa shape index (κ2) is 5.70. The van der Waals surface area contributed by atoms with Gasteiger partial charge in [0.05, 0.1) is 5.69 Å². The van der Waals surface area contributed by atoms with Crippen molar-refractivity contribution in [1.29, 1.82) is 0 Å². The van der Waals surface area contributed by atoms with Gasteiger partial charge in [0.25, 0.3) is 0 Å². The first kappa shape index (κ1) is 14.0. The number of thiophene rings is 1. The molecule has 0 saturated heterocycles. The Morgan fingerprint density at radius 1 is 1.30 bits per heavy atom. The molecular weight excluding hydrogens is 283 g/mol. The Kier molecular flexibility index (Phi) is 3.99. The van der Waals surface area contributed by atoms with E-state index >= 15 is 0 Å². The highest BCUT2D eigenvalue weighted by molar-refractivity contribution is 7.12. The lowest BCUT2D eigenvalue weighted by Crippen LogP contribution is -2.12. The summed E-state index contributed by atoms with van der Waals surface area (Å²) in [6.07, 6.45) is 0. The molecule has 0 radical (unpaired) electrons. The number of rotatable bonds is 4. The van der Waals surface area contributed by atoms with Crippen LogP contribution in [0.1, 0.15) is 25.6 Å². The van der Waals surface area contributed by atoms with Gasteiger partial charge in [0.2, 0.25) is 5.91 Å². The van der Waals surface area contributed by atoms with Gasteiger partial charge in [0.15, 0.2) is 0 Å². The van der Waals surface area contributed by atoms with Crippen LogP contribution in [0.3, 0.4) is 0 Å². The highest BCUT2D eigenvalue weighted by Crippen LogP contribution is 2.21. The number of carbonyl (C=O) groups is 2. The van der Waals surface area contributed by atoms with Gasteiger partial charge >= 0.3 is 5.97 Å². The van der Waals surface area contributed by atoms with Crippen LogP contribution in [0.5, 0.6) is 0 Å². The van der Waals surface area contributed by atoms with E-state index in [9.17, 15) is 14.0 Å². The Morgan fingerprint density at radius 3 is 2.65 bits per heavy atom. The number of benzene rings is 1. The normalized spacial score (nSPS) is 10.2. The van der Waals surface area contributed by atoms with Crippen molar-refractivity contribution in [2.24, 2.45) is 5.73 Å². The highest BCUT2D eigenvalue weighted by Gasteiger charge is 2.14. The quantitative estimate of drug-likeness (QED) is 0.842. The van der Waals surface area contributed by atoms with E-state index in [0.717, 1.165) is 17.4 Å². The van der Waals surface area contributed by atoms with E-state index in [-0.39, 0.29) is 22.6 Å². The Labute approximate surface area is 118 Å². The van der Waals surface area contributed by atoms with Crippen molar-refractivity contribution in [3.8, 4) is 0 Å². The smallest absolute Gasteiger partial charge is 0.350 e. The Bertz CT molecular complexity index is 669. The molecule has 1 heterocycles. The van der Waals surface area contributed by atoms with Crippen LogP contribution < -0.4 is 11.5 Å². The van der Waals surface area contributed by atoms with Crippen molar-refractivity contribution >= 4 is 28.9 Å². The first-order chi connectivity index (χ1) is 9.49. The minimum Gasteiger partial charge on any atom is -0.456 e. The third kappa shape index (κ3) is 2.94. The number of ether oxygens (including phenoxy) is 1. The molecule has 5 nitrogen and oxygen atoms in total. The van der Waals surface area contributed by atoms with Crippen LogP contribution in [0.2, 0.25) is 0 Å². The molecule has 7 heteroatoms. The van der Waals surface area contributed by atoms with Crippen molar-refractivity contribution < 1.29 is 18.7 Å². The molecule has 0 bridgehead atoms. The van der Waals surface area contributed by atoms with Crippen LogP contribution >= 0.6 is 11.3 Å². The van der Waals surface area contributed by atoms with E-state index in [0.29, 0.717) is 5.69 Å². The molecule has 2 aromatic rings. The van der Waals surface area contributed by atoms with Gasteiger partial charge in [-0.15, -0.1) is 11.3 Å². The Morgan fingerprint density at radius 2 is 2.05 bits per heavy atom. The zero-order valence-electron chi connectivity index (χ0n) is 10.3. The standard InChI is InChI=1S/C13H11FN2O3S/c14-9-2-1-7(12(16)17)5-8(9)6-19-13(18)11-10(15)3-4-20-11/h1-5H,6,15H2,(H2,16,17). The second-order valence-electron chi connectivity index (χ2n) is 3.95. The molecule has 1 amide bonds. The maximum Gasteiger partial charge on any atom is 0.350 e. The summed E-state index contributed by atoms with van der Waals surface area (Å²) < 4.78 is 18.5. The van der Waals surface area contributed by atoms with E-state index in [2.05, 4.69) is 0 Å². The Balaban J connectivity index is 2.11. The molecule has 0 aliphatic rings. The van der Waals surface area contributed by atoms with Gasteiger partial charge in [-0.1, -0.05) is 0 Å². The Hall–Kier alpha value is -2.41. The van der Waals surface area contributed by atoms with Gasteiger partial charge < -0.3 is 16.2 Å². The SMILES string of the molecule is NC(=O)c1ccc(F)c(COC(=O)c2sccc2N)c1. The fourth-order valence-electron chi connectivity index (χ4n) is 1.53. The average Bonchev–Trinajstić information content (AvgIpc) is 2.83. The average molecular weight is 294 g/mol. The first-order valence-electron chi connectivity index (χ1n) is 5.57. The van der Waals surface area contributed by atoms with Crippen molar-refractivity contribution in [3.63, 3.8) is 0 Å². The molecule has 0 aliphatic heterocycles. The summed E-state index contributed by atoms with van der Waals surface area (Å²) in [5.74, 6) is -1.90. The number of hydrogen-bond donors (Lipinski definition) is 2. The number of hydrogen-bond acceptors (Lipinski definition) is 5. The van der Waals surface area contributed by atoms with E-state index in [1.54, 1.807) is 11.4 Å². The van der Waals surface area contributed by atoms with E-state index < -0.39 is 17.7 Å². The summed E-state index contributed by atoms with van der Waals surface area (Å²) in [6.45, 7) is -0.302. The van der Waals surface area contributed by atoms with E-state index in [1.165, 1.54) is 12.1 Å². The lowest BCUT2D eigenvalue weighted by Gasteiger charge is -2.06. The molecule has 0 unspecified atom stereocenters. The van der Waals surface area contributed by atoms with E-state index in [1.807, 2.05) is 0 Å². The zero-order chi connectivity index (χ0) is 14.7. The largest absolute Gasteiger partial charge is 0.456 e. The molecule has 0 fully saturated rings. The van der Waals surface area contributed by atoms with Crippen molar-refractivity contribution in [2.45, 2.75) is 6.61 Å². The predicted octanol–water partition coefficient (Wildman–Crippen LogP) is 1.93. The molecule has 0 atom stereocenters. The fraction of sp³-hybridized carbons (Fsp3) is 0.0769. The summed E-state index contributed by atoms with van der Waals surface area (Å²) >= 11 is 1.14. The van der Waals surface area contributed by atoms with Gasteiger partial charge in [-0.25, -0.2) is 9.18 Å². The fourth-order valence-corrected chi connectivity index (χ4v) is 2.24. The number of esters is 1. The summed E-state index contributed by atoms with van der Waals surface area (Å²) in [5.41, 5.74) is 11.2.